The van der Waals surface area contributed by atoms with Gasteiger partial charge in [0.2, 0.25) is 0 Å². The molecular formula is C15H32O6. The van der Waals surface area contributed by atoms with Crippen LogP contribution in [0.5, 0.6) is 0 Å². The van der Waals surface area contributed by atoms with Crippen molar-refractivity contribution >= 4 is 6.16 Å². The summed E-state index contributed by atoms with van der Waals surface area (Å²) in [4.78, 5) is 10.9. The Balaban J connectivity index is 0. The fraction of sp³-hybridized carbons (Fsp3) is 0.933. The minimum atomic E-state index is -0.516. The molecular weight excluding hydrogens is 276 g/mol. The van der Waals surface area contributed by atoms with Gasteiger partial charge in [-0.2, -0.15) is 0 Å². The average molecular weight is 308 g/mol. The van der Waals surface area contributed by atoms with Gasteiger partial charge in [0.05, 0.1) is 39.6 Å². The summed E-state index contributed by atoms with van der Waals surface area (Å²) in [6.45, 7) is 5.90. The van der Waals surface area contributed by atoms with E-state index in [1.807, 2.05) is 0 Å². The number of carbonyl (C=O) groups excluding carboxylic acids is 1. The number of aliphatic hydroxyl groups is 2. The van der Waals surface area contributed by atoms with Crippen molar-refractivity contribution in [1.29, 1.82) is 0 Å². The zero-order valence-electron chi connectivity index (χ0n) is 13.5. The fourth-order valence-corrected chi connectivity index (χ4v) is 1.29. The zero-order valence-corrected chi connectivity index (χ0v) is 13.5. The summed E-state index contributed by atoms with van der Waals surface area (Å²) >= 11 is 0. The van der Waals surface area contributed by atoms with E-state index in [9.17, 15) is 4.79 Å². The molecule has 0 spiro atoms. The van der Waals surface area contributed by atoms with Crippen molar-refractivity contribution < 1.29 is 29.2 Å². The van der Waals surface area contributed by atoms with E-state index in [1.165, 1.54) is 0 Å². The van der Waals surface area contributed by atoms with Crippen LogP contribution in [0.1, 0.15) is 52.4 Å². The van der Waals surface area contributed by atoms with Crippen LogP contribution in [0.3, 0.4) is 0 Å². The molecule has 0 aromatic rings. The molecule has 6 nitrogen and oxygen atoms in total. The Morgan fingerprint density at radius 2 is 1.19 bits per heavy atom. The summed E-state index contributed by atoms with van der Waals surface area (Å²) in [6, 6.07) is 0. The van der Waals surface area contributed by atoms with E-state index >= 15 is 0 Å². The van der Waals surface area contributed by atoms with E-state index in [-0.39, 0.29) is 13.2 Å². The molecule has 21 heavy (non-hydrogen) atoms. The smallest absolute Gasteiger partial charge is 0.434 e. The molecule has 0 heterocycles. The molecule has 0 aliphatic rings. The average Bonchev–Trinajstić information content (AvgIpc) is 2.49. The van der Waals surface area contributed by atoms with Gasteiger partial charge >= 0.3 is 6.16 Å². The largest absolute Gasteiger partial charge is 0.508 e. The normalized spacial score (nSPS) is 9.71. The molecule has 0 aliphatic carbocycles. The van der Waals surface area contributed by atoms with Crippen molar-refractivity contribution in [3.8, 4) is 0 Å². The van der Waals surface area contributed by atoms with Crippen LogP contribution in [0.25, 0.3) is 0 Å². The van der Waals surface area contributed by atoms with Crippen molar-refractivity contribution in [2.45, 2.75) is 52.4 Å². The summed E-state index contributed by atoms with van der Waals surface area (Å²) in [5.41, 5.74) is 0. The van der Waals surface area contributed by atoms with Gasteiger partial charge in [-0.3, -0.25) is 0 Å². The van der Waals surface area contributed by atoms with E-state index in [2.05, 4.69) is 18.6 Å². The van der Waals surface area contributed by atoms with Crippen LogP contribution in [0.15, 0.2) is 0 Å². The second-order valence-electron chi connectivity index (χ2n) is 4.42. The van der Waals surface area contributed by atoms with E-state index in [0.29, 0.717) is 26.4 Å². The molecule has 0 bridgehead atoms. The molecule has 0 aromatic heterocycles. The summed E-state index contributed by atoms with van der Waals surface area (Å²) in [5.74, 6) is 0. The molecule has 0 atom stereocenters. The highest BCUT2D eigenvalue weighted by atomic mass is 16.7. The lowest BCUT2D eigenvalue weighted by Crippen LogP contribution is -2.09. The maximum Gasteiger partial charge on any atom is 0.508 e. The highest BCUT2D eigenvalue weighted by Gasteiger charge is 2.01. The number of hydrogen-bond acceptors (Lipinski definition) is 6. The van der Waals surface area contributed by atoms with Crippen LogP contribution in [-0.4, -0.2) is 56.0 Å². The first-order valence-corrected chi connectivity index (χ1v) is 7.81. The predicted molar refractivity (Wildman–Crippen MR) is 81.3 cm³/mol. The Morgan fingerprint density at radius 1 is 0.762 bits per heavy atom. The number of rotatable bonds is 12. The molecule has 0 rings (SSSR count). The number of ether oxygens (including phenoxy) is 3. The third-order valence-electron chi connectivity index (χ3n) is 2.41. The molecule has 2 N–H and O–H groups in total. The van der Waals surface area contributed by atoms with E-state index in [0.717, 1.165) is 38.5 Å². The maximum atomic E-state index is 10.9. The van der Waals surface area contributed by atoms with Gasteiger partial charge in [-0.15, -0.1) is 0 Å². The first-order valence-electron chi connectivity index (χ1n) is 7.81. The van der Waals surface area contributed by atoms with E-state index in [4.69, 9.17) is 19.7 Å². The summed E-state index contributed by atoms with van der Waals surface area (Å²) in [5, 5.41) is 16.2. The molecule has 128 valence electrons. The van der Waals surface area contributed by atoms with Gasteiger partial charge in [-0.05, 0) is 12.8 Å². The van der Waals surface area contributed by atoms with Crippen LogP contribution in [0, 0.1) is 0 Å². The lowest BCUT2D eigenvalue weighted by atomic mass is 10.3. The molecule has 0 radical (unpaired) electrons. The van der Waals surface area contributed by atoms with Crippen molar-refractivity contribution in [2.75, 3.05) is 39.6 Å². The molecule has 0 fully saturated rings. The quantitative estimate of drug-likeness (QED) is 0.425. The van der Waals surface area contributed by atoms with E-state index in [1.54, 1.807) is 0 Å². The Kier molecular flexibility index (Phi) is 22.9. The Hall–Kier alpha value is -0.850. The van der Waals surface area contributed by atoms with Gasteiger partial charge in [-0.1, -0.05) is 39.5 Å². The molecule has 0 saturated carbocycles. The first kappa shape index (κ1) is 22.4. The Labute approximate surface area is 128 Å². The Bertz CT molecular complexity index is 181. The minimum Gasteiger partial charge on any atom is -0.434 e. The topological polar surface area (TPSA) is 85.2 Å². The van der Waals surface area contributed by atoms with Crippen LogP contribution in [0.4, 0.5) is 4.79 Å². The maximum absolute atomic E-state index is 10.9. The van der Waals surface area contributed by atoms with Crippen molar-refractivity contribution in [3.63, 3.8) is 0 Å². The second kappa shape index (κ2) is 21.4. The Morgan fingerprint density at radius 3 is 1.52 bits per heavy atom. The van der Waals surface area contributed by atoms with Crippen LogP contribution < -0.4 is 0 Å². The molecule has 0 aliphatic heterocycles. The standard InChI is InChI=1S/C11H22O3.C4H10O3/c1-3-5-7-9-13-11(12)14-10-8-6-4-2;5-1-3-7-4-2-6/h3-10H2,1-2H3;5-6H,1-4H2. The minimum absolute atomic E-state index is 0.0278. The molecule has 0 aromatic carbocycles. The van der Waals surface area contributed by atoms with Gasteiger partial charge < -0.3 is 24.4 Å². The third-order valence-corrected chi connectivity index (χ3v) is 2.41. The van der Waals surface area contributed by atoms with Gasteiger partial charge in [0.1, 0.15) is 0 Å². The molecule has 0 saturated heterocycles. The van der Waals surface area contributed by atoms with E-state index < -0.39 is 6.16 Å². The lowest BCUT2D eigenvalue weighted by Gasteiger charge is -2.05. The summed E-state index contributed by atoms with van der Waals surface area (Å²) in [6.07, 6.45) is 5.81. The zero-order chi connectivity index (χ0) is 16.2. The van der Waals surface area contributed by atoms with Crippen molar-refractivity contribution in [2.24, 2.45) is 0 Å². The molecule has 0 unspecified atom stereocenters. The number of hydrogen-bond donors (Lipinski definition) is 2. The molecule has 0 amide bonds. The number of unbranched alkanes of at least 4 members (excludes halogenated alkanes) is 4. The summed E-state index contributed by atoms with van der Waals surface area (Å²) < 4.78 is 14.4. The fourth-order valence-electron chi connectivity index (χ4n) is 1.29. The van der Waals surface area contributed by atoms with Crippen molar-refractivity contribution in [3.05, 3.63) is 0 Å². The lowest BCUT2D eigenvalue weighted by molar-refractivity contribution is 0.0530. The highest BCUT2D eigenvalue weighted by Crippen LogP contribution is 1.98. The van der Waals surface area contributed by atoms with Gasteiger partial charge in [0.25, 0.3) is 0 Å². The first-order chi connectivity index (χ1) is 10.2. The van der Waals surface area contributed by atoms with Crippen molar-refractivity contribution in [1.82, 2.24) is 0 Å². The predicted octanol–water partition coefficient (Wildman–Crippen LogP) is 2.51. The molecule has 6 heteroatoms. The van der Waals surface area contributed by atoms with Gasteiger partial charge in [-0.25, -0.2) is 4.79 Å². The van der Waals surface area contributed by atoms with Crippen LogP contribution >= 0.6 is 0 Å². The van der Waals surface area contributed by atoms with Crippen LogP contribution in [0.2, 0.25) is 0 Å². The SMILES string of the molecule is CCCCCOC(=O)OCCCCC.OCCOCCO. The summed E-state index contributed by atoms with van der Waals surface area (Å²) in [7, 11) is 0. The monoisotopic (exact) mass is 308 g/mol. The second-order valence-corrected chi connectivity index (χ2v) is 4.42. The third kappa shape index (κ3) is 24.5. The number of aliphatic hydroxyl groups excluding tert-OH is 2. The highest BCUT2D eigenvalue weighted by molar-refractivity contribution is 5.59. The van der Waals surface area contributed by atoms with Crippen LogP contribution in [-0.2, 0) is 14.2 Å². The van der Waals surface area contributed by atoms with Gasteiger partial charge in [0, 0.05) is 0 Å². The number of carbonyl (C=O) groups is 1. The van der Waals surface area contributed by atoms with Gasteiger partial charge in [0.15, 0.2) is 0 Å².